The van der Waals surface area contributed by atoms with Crippen LogP contribution in [0.25, 0.3) is 0 Å². The van der Waals surface area contributed by atoms with Gasteiger partial charge >= 0.3 is 5.97 Å². The van der Waals surface area contributed by atoms with Crippen molar-refractivity contribution in [3.63, 3.8) is 0 Å². The molecule has 0 fully saturated rings. The van der Waals surface area contributed by atoms with Gasteiger partial charge in [0.25, 0.3) is 0 Å². The molecule has 0 aliphatic heterocycles. The first-order valence-electron chi connectivity index (χ1n) is 4.72. The summed E-state index contributed by atoms with van der Waals surface area (Å²) in [6.45, 7) is 1.81. The molecular formula is C11H13NO2. The van der Waals surface area contributed by atoms with Gasteiger partial charge in [-0.2, -0.15) is 0 Å². The van der Waals surface area contributed by atoms with E-state index in [0.29, 0.717) is 5.56 Å². The second-order valence-electron chi connectivity index (χ2n) is 3.78. The predicted octanol–water partition coefficient (Wildman–Crippen LogP) is 1.64. The summed E-state index contributed by atoms with van der Waals surface area (Å²) >= 11 is 0. The van der Waals surface area contributed by atoms with Crippen LogP contribution in [0.1, 0.15) is 39.5 Å². The van der Waals surface area contributed by atoms with Crippen molar-refractivity contribution in [1.82, 2.24) is 0 Å². The minimum Gasteiger partial charge on any atom is -0.478 e. The minimum absolute atomic E-state index is 0.101. The summed E-state index contributed by atoms with van der Waals surface area (Å²) in [5.74, 6) is -0.864. The van der Waals surface area contributed by atoms with Crippen LogP contribution >= 0.6 is 0 Å². The molecule has 74 valence electrons. The van der Waals surface area contributed by atoms with Crippen molar-refractivity contribution in [3.8, 4) is 0 Å². The number of carbonyl (C=O) groups is 1. The molecule has 1 unspecified atom stereocenters. The molecule has 0 spiro atoms. The van der Waals surface area contributed by atoms with Crippen LogP contribution in [-0.2, 0) is 6.42 Å². The molecule has 1 aromatic rings. The number of aryl methyl sites for hydroxylation is 2. The van der Waals surface area contributed by atoms with Crippen LogP contribution < -0.4 is 5.73 Å². The fourth-order valence-electron chi connectivity index (χ4n) is 2.15. The average Bonchev–Trinajstić information content (AvgIpc) is 2.47. The number of rotatable bonds is 1. The van der Waals surface area contributed by atoms with E-state index in [2.05, 4.69) is 0 Å². The van der Waals surface area contributed by atoms with Gasteiger partial charge in [0.15, 0.2) is 0 Å². The molecule has 1 aromatic carbocycles. The zero-order chi connectivity index (χ0) is 10.3. The number of aromatic carboxylic acids is 1. The molecule has 1 aliphatic carbocycles. The monoisotopic (exact) mass is 191 g/mol. The molecule has 14 heavy (non-hydrogen) atoms. The molecule has 2 rings (SSSR count). The summed E-state index contributed by atoms with van der Waals surface area (Å²) in [7, 11) is 0. The predicted molar refractivity (Wildman–Crippen MR) is 53.4 cm³/mol. The third-order valence-corrected chi connectivity index (χ3v) is 2.85. The molecule has 0 radical (unpaired) electrons. The molecule has 1 atom stereocenters. The lowest BCUT2D eigenvalue weighted by atomic mass is 9.97. The summed E-state index contributed by atoms with van der Waals surface area (Å²) in [4.78, 5) is 11.1. The van der Waals surface area contributed by atoms with Gasteiger partial charge in [0, 0.05) is 6.04 Å². The van der Waals surface area contributed by atoms with Gasteiger partial charge in [-0.3, -0.25) is 0 Å². The van der Waals surface area contributed by atoms with Crippen LogP contribution in [0.3, 0.4) is 0 Å². The quantitative estimate of drug-likeness (QED) is 0.709. The summed E-state index contributed by atoms with van der Waals surface area (Å²) in [6.07, 6.45) is 1.76. The molecule has 1 aliphatic rings. The van der Waals surface area contributed by atoms with Crippen molar-refractivity contribution in [2.75, 3.05) is 0 Å². The summed E-state index contributed by atoms with van der Waals surface area (Å²) < 4.78 is 0. The minimum atomic E-state index is -0.864. The lowest BCUT2D eigenvalue weighted by Crippen LogP contribution is -2.13. The topological polar surface area (TPSA) is 63.3 Å². The van der Waals surface area contributed by atoms with Gasteiger partial charge in [0.1, 0.15) is 0 Å². The maximum atomic E-state index is 11.1. The third-order valence-electron chi connectivity index (χ3n) is 2.85. The number of hydrogen-bond acceptors (Lipinski definition) is 2. The summed E-state index contributed by atoms with van der Waals surface area (Å²) in [5.41, 5.74) is 9.04. The molecule has 3 heteroatoms. The molecular weight excluding hydrogens is 178 g/mol. The Morgan fingerprint density at radius 3 is 2.93 bits per heavy atom. The maximum absolute atomic E-state index is 11.1. The van der Waals surface area contributed by atoms with Gasteiger partial charge in [-0.15, -0.1) is 0 Å². The number of hydrogen-bond donors (Lipinski definition) is 2. The average molecular weight is 191 g/mol. The maximum Gasteiger partial charge on any atom is 0.336 e. The Morgan fingerprint density at radius 1 is 1.57 bits per heavy atom. The van der Waals surface area contributed by atoms with Crippen molar-refractivity contribution in [1.29, 1.82) is 0 Å². The summed E-state index contributed by atoms with van der Waals surface area (Å²) in [6, 6.07) is 3.75. The van der Waals surface area contributed by atoms with Crippen LogP contribution in [0, 0.1) is 6.92 Å². The van der Waals surface area contributed by atoms with Crippen LogP contribution in [0.5, 0.6) is 0 Å². The van der Waals surface area contributed by atoms with E-state index in [-0.39, 0.29) is 6.04 Å². The number of carboxylic acids is 1. The Balaban J connectivity index is 2.68. The lowest BCUT2D eigenvalue weighted by Gasteiger charge is -2.11. The number of benzene rings is 1. The third kappa shape index (κ3) is 1.21. The van der Waals surface area contributed by atoms with Crippen molar-refractivity contribution in [2.24, 2.45) is 5.73 Å². The van der Waals surface area contributed by atoms with Crippen LogP contribution in [0.15, 0.2) is 12.1 Å². The SMILES string of the molecule is Cc1ccc2c(c1C(=O)O)C(N)CC2. The molecule has 0 aromatic heterocycles. The molecule has 0 saturated heterocycles. The van der Waals surface area contributed by atoms with E-state index in [1.54, 1.807) is 0 Å². The van der Waals surface area contributed by atoms with E-state index in [1.165, 1.54) is 0 Å². The first-order valence-corrected chi connectivity index (χ1v) is 4.72. The molecule has 0 amide bonds. The number of nitrogens with two attached hydrogens (primary N) is 1. The highest BCUT2D eigenvalue weighted by Crippen LogP contribution is 2.33. The van der Waals surface area contributed by atoms with Gasteiger partial charge in [0.2, 0.25) is 0 Å². The molecule has 0 heterocycles. The van der Waals surface area contributed by atoms with Crippen molar-refractivity contribution >= 4 is 5.97 Å². The Bertz CT molecular complexity index is 399. The van der Waals surface area contributed by atoms with E-state index in [9.17, 15) is 4.79 Å². The molecule has 3 nitrogen and oxygen atoms in total. The van der Waals surface area contributed by atoms with Gasteiger partial charge in [-0.1, -0.05) is 12.1 Å². The highest BCUT2D eigenvalue weighted by atomic mass is 16.4. The largest absolute Gasteiger partial charge is 0.478 e. The zero-order valence-corrected chi connectivity index (χ0v) is 8.08. The number of carboxylic acid groups (broad SMARTS) is 1. The second-order valence-corrected chi connectivity index (χ2v) is 3.78. The standard InChI is InChI=1S/C11H13NO2/c1-6-2-3-7-4-5-8(12)10(7)9(6)11(13)14/h2-3,8H,4-5,12H2,1H3,(H,13,14). The Labute approximate surface area is 82.5 Å². The van der Waals surface area contributed by atoms with Crippen LogP contribution in [0.4, 0.5) is 0 Å². The summed E-state index contributed by atoms with van der Waals surface area (Å²) in [5, 5.41) is 9.09. The van der Waals surface area contributed by atoms with Crippen molar-refractivity contribution in [3.05, 3.63) is 34.4 Å². The van der Waals surface area contributed by atoms with E-state index < -0.39 is 5.97 Å². The smallest absolute Gasteiger partial charge is 0.336 e. The Kier molecular flexibility index (Phi) is 2.04. The fraction of sp³-hybridized carbons (Fsp3) is 0.364. The molecule has 0 saturated carbocycles. The van der Waals surface area contributed by atoms with Gasteiger partial charge in [-0.05, 0) is 36.5 Å². The molecule has 0 bridgehead atoms. The van der Waals surface area contributed by atoms with E-state index >= 15 is 0 Å². The van der Waals surface area contributed by atoms with Gasteiger partial charge in [0.05, 0.1) is 5.56 Å². The van der Waals surface area contributed by atoms with Crippen LogP contribution in [0.2, 0.25) is 0 Å². The first kappa shape index (κ1) is 9.21. The normalized spacial score (nSPS) is 19.4. The Morgan fingerprint density at radius 2 is 2.29 bits per heavy atom. The zero-order valence-electron chi connectivity index (χ0n) is 8.08. The highest BCUT2D eigenvalue weighted by molar-refractivity contribution is 5.92. The van der Waals surface area contributed by atoms with Crippen molar-refractivity contribution in [2.45, 2.75) is 25.8 Å². The van der Waals surface area contributed by atoms with Crippen molar-refractivity contribution < 1.29 is 9.90 Å². The first-order chi connectivity index (χ1) is 6.61. The van der Waals surface area contributed by atoms with Crippen LogP contribution in [-0.4, -0.2) is 11.1 Å². The molecule has 3 N–H and O–H groups in total. The lowest BCUT2D eigenvalue weighted by molar-refractivity contribution is 0.0694. The van der Waals surface area contributed by atoms with E-state index in [1.807, 2.05) is 19.1 Å². The fourth-order valence-corrected chi connectivity index (χ4v) is 2.15. The van der Waals surface area contributed by atoms with E-state index in [0.717, 1.165) is 29.5 Å². The van der Waals surface area contributed by atoms with Gasteiger partial charge in [-0.25, -0.2) is 4.79 Å². The Hall–Kier alpha value is -1.35. The second kappa shape index (κ2) is 3.10. The van der Waals surface area contributed by atoms with E-state index in [4.69, 9.17) is 10.8 Å². The highest BCUT2D eigenvalue weighted by Gasteiger charge is 2.26. The van der Waals surface area contributed by atoms with Gasteiger partial charge < -0.3 is 10.8 Å². The number of fused-ring (bicyclic) bond motifs is 1.